The SMILES string of the molecule is O=C(C=Cc1ccccc1)c1cccc(-n2cc(-c3ccc(Cl)o3)[nH]c2=O)c1. The van der Waals surface area contributed by atoms with Crippen LogP contribution in [0.4, 0.5) is 0 Å². The van der Waals surface area contributed by atoms with E-state index in [4.69, 9.17) is 16.0 Å². The molecule has 1 N–H and O–H groups in total. The molecule has 5 nitrogen and oxygen atoms in total. The lowest BCUT2D eigenvalue weighted by molar-refractivity contribution is 0.104. The Kier molecular flexibility index (Phi) is 4.83. The highest BCUT2D eigenvalue weighted by molar-refractivity contribution is 6.28. The van der Waals surface area contributed by atoms with Crippen molar-refractivity contribution in [3.63, 3.8) is 0 Å². The molecule has 138 valence electrons. The molecule has 0 bridgehead atoms. The molecule has 0 saturated heterocycles. The van der Waals surface area contributed by atoms with Crippen LogP contribution in [0.2, 0.25) is 5.22 Å². The number of hydrogen-bond acceptors (Lipinski definition) is 3. The summed E-state index contributed by atoms with van der Waals surface area (Å²) in [6.07, 6.45) is 4.89. The number of aromatic amines is 1. The van der Waals surface area contributed by atoms with Crippen LogP contribution in [0.5, 0.6) is 0 Å². The molecule has 0 saturated carbocycles. The maximum absolute atomic E-state index is 12.5. The first-order valence-electron chi connectivity index (χ1n) is 8.55. The molecular formula is C22H15ClN2O3. The summed E-state index contributed by atoms with van der Waals surface area (Å²) in [5, 5.41) is 0.237. The molecule has 2 aromatic heterocycles. The average molecular weight is 391 g/mol. The lowest BCUT2D eigenvalue weighted by Crippen LogP contribution is -2.14. The van der Waals surface area contributed by atoms with E-state index in [-0.39, 0.29) is 16.7 Å². The fourth-order valence-corrected chi connectivity index (χ4v) is 2.96. The third kappa shape index (κ3) is 3.75. The van der Waals surface area contributed by atoms with Crippen molar-refractivity contribution in [1.29, 1.82) is 0 Å². The third-order valence-electron chi connectivity index (χ3n) is 4.19. The minimum absolute atomic E-state index is 0.146. The number of furan rings is 1. The van der Waals surface area contributed by atoms with E-state index in [9.17, 15) is 9.59 Å². The zero-order valence-electron chi connectivity index (χ0n) is 14.6. The number of benzene rings is 2. The van der Waals surface area contributed by atoms with E-state index in [0.717, 1.165) is 5.56 Å². The summed E-state index contributed by atoms with van der Waals surface area (Å²) in [6.45, 7) is 0. The molecule has 28 heavy (non-hydrogen) atoms. The van der Waals surface area contributed by atoms with Crippen molar-refractivity contribution in [2.24, 2.45) is 0 Å². The van der Waals surface area contributed by atoms with Gasteiger partial charge in [-0.1, -0.05) is 48.5 Å². The quantitative estimate of drug-likeness (QED) is 0.386. The number of carbonyl (C=O) groups is 1. The second-order valence-electron chi connectivity index (χ2n) is 6.11. The van der Waals surface area contributed by atoms with Gasteiger partial charge < -0.3 is 9.40 Å². The number of nitrogens with one attached hydrogen (secondary N) is 1. The van der Waals surface area contributed by atoms with Crippen molar-refractivity contribution in [3.8, 4) is 17.1 Å². The van der Waals surface area contributed by atoms with Crippen LogP contribution in [0, 0.1) is 0 Å². The molecule has 2 aromatic carbocycles. The van der Waals surface area contributed by atoms with Gasteiger partial charge in [-0.2, -0.15) is 0 Å². The summed E-state index contributed by atoms with van der Waals surface area (Å²) < 4.78 is 6.75. The minimum Gasteiger partial charge on any atom is -0.443 e. The Morgan fingerprint density at radius 3 is 2.61 bits per heavy atom. The summed E-state index contributed by atoms with van der Waals surface area (Å²) >= 11 is 5.79. The largest absolute Gasteiger partial charge is 0.443 e. The molecule has 0 radical (unpaired) electrons. The normalized spacial score (nSPS) is 11.2. The van der Waals surface area contributed by atoms with Crippen molar-refractivity contribution < 1.29 is 9.21 Å². The third-order valence-corrected chi connectivity index (χ3v) is 4.40. The monoisotopic (exact) mass is 390 g/mol. The van der Waals surface area contributed by atoms with Gasteiger partial charge in [-0.05, 0) is 47.5 Å². The number of H-pyrrole nitrogens is 1. The number of halogens is 1. The molecule has 0 fully saturated rings. The molecule has 0 aliphatic carbocycles. The van der Waals surface area contributed by atoms with Crippen LogP contribution in [-0.4, -0.2) is 15.3 Å². The molecule has 2 heterocycles. The molecule has 4 rings (SSSR count). The van der Waals surface area contributed by atoms with Gasteiger partial charge in [0.25, 0.3) is 0 Å². The standard InChI is InChI=1S/C22H15ClN2O3/c23-21-12-11-20(28-21)18-14-25(22(27)24-18)17-8-4-7-16(13-17)19(26)10-9-15-5-2-1-3-6-15/h1-14H,(H,24,27). The lowest BCUT2D eigenvalue weighted by Gasteiger charge is -2.03. The topological polar surface area (TPSA) is 68.0 Å². The fraction of sp³-hybridized carbons (Fsp3) is 0. The minimum atomic E-state index is -0.341. The van der Waals surface area contributed by atoms with Crippen LogP contribution in [0.25, 0.3) is 23.2 Å². The van der Waals surface area contributed by atoms with Crippen LogP contribution in [0.3, 0.4) is 0 Å². The van der Waals surface area contributed by atoms with Crippen LogP contribution >= 0.6 is 11.6 Å². The highest BCUT2D eigenvalue weighted by Gasteiger charge is 2.11. The van der Waals surface area contributed by atoms with Gasteiger partial charge >= 0.3 is 5.69 Å². The molecule has 0 unspecified atom stereocenters. The van der Waals surface area contributed by atoms with Gasteiger partial charge in [-0.15, -0.1) is 0 Å². The van der Waals surface area contributed by atoms with E-state index in [0.29, 0.717) is 22.7 Å². The Balaban J connectivity index is 1.62. The Hall–Kier alpha value is -3.57. The molecule has 0 spiro atoms. The first-order valence-corrected chi connectivity index (χ1v) is 8.93. The van der Waals surface area contributed by atoms with E-state index in [2.05, 4.69) is 4.98 Å². The lowest BCUT2D eigenvalue weighted by atomic mass is 10.1. The zero-order valence-corrected chi connectivity index (χ0v) is 15.4. The maximum Gasteiger partial charge on any atom is 0.330 e. The van der Waals surface area contributed by atoms with Crippen molar-refractivity contribution in [3.05, 3.63) is 106 Å². The van der Waals surface area contributed by atoms with E-state index in [1.165, 1.54) is 10.6 Å². The Labute approximate surface area is 165 Å². The maximum atomic E-state index is 12.5. The van der Waals surface area contributed by atoms with Crippen LogP contribution in [-0.2, 0) is 0 Å². The number of imidazole rings is 1. The molecular weight excluding hydrogens is 376 g/mol. The van der Waals surface area contributed by atoms with Crippen LogP contribution in [0.15, 0.2) is 88.2 Å². The second-order valence-corrected chi connectivity index (χ2v) is 6.48. The highest BCUT2D eigenvalue weighted by atomic mass is 35.5. The summed E-state index contributed by atoms with van der Waals surface area (Å²) in [5.74, 6) is 0.311. The molecule has 6 heteroatoms. The fourth-order valence-electron chi connectivity index (χ4n) is 2.81. The van der Waals surface area contributed by atoms with Crippen molar-refractivity contribution in [2.45, 2.75) is 0 Å². The van der Waals surface area contributed by atoms with Crippen molar-refractivity contribution in [1.82, 2.24) is 9.55 Å². The summed E-state index contributed by atoms with van der Waals surface area (Å²) in [6, 6.07) is 19.7. The van der Waals surface area contributed by atoms with E-state index in [1.807, 2.05) is 30.3 Å². The summed E-state index contributed by atoms with van der Waals surface area (Å²) in [7, 11) is 0. The van der Waals surface area contributed by atoms with Crippen molar-refractivity contribution >= 4 is 23.5 Å². The van der Waals surface area contributed by atoms with E-state index < -0.39 is 0 Å². The van der Waals surface area contributed by atoms with Crippen LogP contribution in [0.1, 0.15) is 15.9 Å². The van der Waals surface area contributed by atoms with Gasteiger partial charge in [0, 0.05) is 11.8 Å². The summed E-state index contributed by atoms with van der Waals surface area (Å²) in [4.78, 5) is 27.6. The number of nitrogens with zero attached hydrogens (tertiary/aromatic N) is 1. The van der Waals surface area contributed by atoms with Crippen LogP contribution < -0.4 is 5.69 Å². The van der Waals surface area contributed by atoms with Gasteiger partial charge in [0.05, 0.1) is 5.69 Å². The predicted octanol–water partition coefficient (Wildman–Crippen LogP) is 4.98. The Morgan fingerprint density at radius 1 is 1.04 bits per heavy atom. The zero-order chi connectivity index (χ0) is 19.5. The molecule has 4 aromatic rings. The van der Waals surface area contributed by atoms with Gasteiger partial charge in [0.1, 0.15) is 5.69 Å². The van der Waals surface area contributed by atoms with E-state index >= 15 is 0 Å². The molecule has 0 amide bonds. The van der Waals surface area contributed by atoms with Crippen molar-refractivity contribution in [2.75, 3.05) is 0 Å². The number of ketones is 1. The number of rotatable bonds is 5. The second kappa shape index (κ2) is 7.58. The summed E-state index contributed by atoms with van der Waals surface area (Å²) in [5.41, 5.74) is 2.16. The first-order chi connectivity index (χ1) is 13.6. The molecule has 0 aliphatic heterocycles. The average Bonchev–Trinajstić information content (AvgIpc) is 3.32. The van der Waals surface area contributed by atoms with Gasteiger partial charge in [-0.3, -0.25) is 9.36 Å². The highest BCUT2D eigenvalue weighted by Crippen LogP contribution is 2.23. The van der Waals surface area contributed by atoms with Gasteiger partial charge in [-0.25, -0.2) is 4.79 Å². The Bertz CT molecular complexity index is 1220. The number of allylic oxidation sites excluding steroid dienone is 1. The molecule has 0 atom stereocenters. The van der Waals surface area contributed by atoms with E-state index in [1.54, 1.807) is 48.7 Å². The molecule has 0 aliphatic rings. The Morgan fingerprint density at radius 2 is 1.86 bits per heavy atom. The first kappa shape index (κ1) is 17.8. The number of carbonyl (C=O) groups excluding carboxylic acids is 1. The number of hydrogen-bond donors (Lipinski definition) is 1. The van der Waals surface area contributed by atoms with Gasteiger partial charge in [0.2, 0.25) is 0 Å². The predicted molar refractivity (Wildman–Crippen MR) is 109 cm³/mol. The smallest absolute Gasteiger partial charge is 0.330 e. The number of aromatic nitrogens is 2. The van der Waals surface area contributed by atoms with Gasteiger partial charge in [0.15, 0.2) is 16.8 Å².